The Hall–Kier alpha value is -0.440. The van der Waals surface area contributed by atoms with E-state index in [1.807, 2.05) is 0 Å². The Labute approximate surface area is 90.3 Å². The lowest BCUT2D eigenvalue weighted by molar-refractivity contribution is 0.267. The molecule has 0 N–H and O–H groups in total. The van der Waals surface area contributed by atoms with Gasteiger partial charge in [-0.2, -0.15) is 0 Å². The van der Waals surface area contributed by atoms with E-state index in [9.17, 15) is 4.79 Å². The molecule has 1 aromatic rings. The van der Waals surface area contributed by atoms with Crippen molar-refractivity contribution < 1.29 is 9.53 Å². The molecule has 1 radical (unpaired) electrons. The molecule has 0 aromatic heterocycles. The molecule has 0 spiro atoms. The van der Waals surface area contributed by atoms with Crippen LogP contribution < -0.4 is 0 Å². The molecule has 69 valence electrons. The molecular weight excluding hydrogens is 234 g/mol. The predicted molar refractivity (Wildman–Crippen MR) is 52.0 cm³/mol. The van der Waals surface area contributed by atoms with Gasteiger partial charge in [0.15, 0.2) is 0 Å². The average molecular weight is 238 g/mol. The van der Waals surface area contributed by atoms with Gasteiger partial charge in [-0.1, -0.05) is 34.8 Å². The summed E-state index contributed by atoms with van der Waals surface area (Å²) in [6.45, 7) is 1.38. The highest BCUT2D eigenvalue weighted by atomic mass is 35.5. The second-order valence-corrected chi connectivity index (χ2v) is 3.44. The maximum atomic E-state index is 9.78. The summed E-state index contributed by atoms with van der Waals surface area (Å²) >= 11 is 17.2. The first-order valence-corrected chi connectivity index (χ1v) is 4.41. The van der Waals surface area contributed by atoms with Crippen molar-refractivity contribution in [3.63, 3.8) is 0 Å². The topological polar surface area (TPSA) is 26.3 Å². The molecule has 1 rings (SSSR count). The number of halogens is 3. The van der Waals surface area contributed by atoms with Gasteiger partial charge in [-0.3, -0.25) is 0 Å². The van der Waals surface area contributed by atoms with Crippen molar-refractivity contribution in [2.24, 2.45) is 0 Å². The zero-order valence-corrected chi connectivity index (χ0v) is 8.58. The Morgan fingerprint density at radius 2 is 1.77 bits per heavy atom. The predicted octanol–water partition coefficient (Wildman–Crippen LogP) is 3.23. The first kappa shape index (κ1) is 10.6. The maximum absolute atomic E-state index is 9.78. The van der Waals surface area contributed by atoms with Crippen molar-refractivity contribution >= 4 is 41.3 Å². The first-order chi connectivity index (χ1) is 6.15. The van der Waals surface area contributed by atoms with Crippen LogP contribution in [0.3, 0.4) is 0 Å². The molecular formula is C8H4Cl3O2. The van der Waals surface area contributed by atoms with Gasteiger partial charge in [-0.25, -0.2) is 4.79 Å². The van der Waals surface area contributed by atoms with Crippen molar-refractivity contribution in [2.45, 2.75) is 6.61 Å². The van der Waals surface area contributed by atoms with E-state index < -0.39 is 0 Å². The van der Waals surface area contributed by atoms with Crippen LogP contribution >= 0.6 is 34.8 Å². The molecule has 0 unspecified atom stereocenters. The fourth-order valence-corrected chi connectivity index (χ4v) is 1.45. The largest absolute Gasteiger partial charge is 0.452 e. The summed E-state index contributed by atoms with van der Waals surface area (Å²) in [6, 6.07) is 3.15. The summed E-state index contributed by atoms with van der Waals surface area (Å²) in [7, 11) is 0. The Morgan fingerprint density at radius 1 is 1.23 bits per heavy atom. The van der Waals surface area contributed by atoms with E-state index in [0.29, 0.717) is 20.6 Å². The fourth-order valence-electron chi connectivity index (χ4n) is 0.804. The van der Waals surface area contributed by atoms with Gasteiger partial charge in [0.25, 0.3) is 0 Å². The highest BCUT2D eigenvalue weighted by Crippen LogP contribution is 2.31. The molecule has 0 amide bonds. The van der Waals surface area contributed by atoms with Crippen molar-refractivity contribution in [1.82, 2.24) is 0 Å². The average Bonchev–Trinajstić information content (AvgIpc) is 2.10. The van der Waals surface area contributed by atoms with Crippen LogP contribution in [0.2, 0.25) is 15.1 Å². The molecule has 1 aromatic carbocycles. The zero-order valence-electron chi connectivity index (χ0n) is 6.31. The van der Waals surface area contributed by atoms with E-state index in [1.165, 1.54) is 6.47 Å². The first-order valence-electron chi connectivity index (χ1n) is 3.27. The summed E-state index contributed by atoms with van der Waals surface area (Å²) in [5.74, 6) is 0. The molecule has 13 heavy (non-hydrogen) atoms. The summed E-state index contributed by atoms with van der Waals surface area (Å²) in [5, 5.41) is 0.958. The molecule has 0 atom stereocenters. The number of hydrogen-bond acceptors (Lipinski definition) is 2. The minimum absolute atomic E-state index is 0.0834. The molecule has 0 aliphatic rings. The minimum atomic E-state index is 0.0834. The van der Waals surface area contributed by atoms with Gasteiger partial charge in [-0.15, -0.1) is 0 Å². The Bertz CT molecular complexity index is 302. The van der Waals surface area contributed by atoms with Gasteiger partial charge < -0.3 is 4.74 Å². The normalized spacial score (nSPS) is 9.77. The third-order valence-corrected chi connectivity index (χ3v) is 2.54. The van der Waals surface area contributed by atoms with Crippen LogP contribution in [-0.4, -0.2) is 6.47 Å². The van der Waals surface area contributed by atoms with Crippen LogP contribution in [0.25, 0.3) is 0 Å². The van der Waals surface area contributed by atoms with Gasteiger partial charge >= 0.3 is 6.47 Å². The van der Waals surface area contributed by atoms with Crippen molar-refractivity contribution in [3.8, 4) is 0 Å². The second kappa shape index (κ2) is 4.70. The summed E-state index contributed by atoms with van der Waals surface area (Å²) in [4.78, 5) is 9.78. The minimum Gasteiger partial charge on any atom is -0.452 e. The molecule has 0 saturated carbocycles. The monoisotopic (exact) mass is 237 g/mol. The highest BCUT2D eigenvalue weighted by Gasteiger charge is 2.05. The standard InChI is InChI=1S/C8H4Cl3O2/c9-6-1-5(3-13-4-12)2-7(10)8(6)11/h1-2H,3H2. The van der Waals surface area contributed by atoms with Crippen LogP contribution in [0, 0.1) is 0 Å². The lowest BCUT2D eigenvalue weighted by Crippen LogP contribution is -1.90. The van der Waals surface area contributed by atoms with Gasteiger partial charge in [0, 0.05) is 0 Å². The van der Waals surface area contributed by atoms with Crippen molar-refractivity contribution in [2.75, 3.05) is 0 Å². The Kier molecular flexibility index (Phi) is 3.85. The molecule has 5 heteroatoms. The zero-order chi connectivity index (χ0) is 9.84. The van der Waals surface area contributed by atoms with E-state index in [1.54, 1.807) is 12.1 Å². The fraction of sp³-hybridized carbons (Fsp3) is 0.125. The lowest BCUT2D eigenvalue weighted by Gasteiger charge is -2.03. The summed E-state index contributed by atoms with van der Waals surface area (Å²) < 4.78 is 4.40. The molecule has 0 aliphatic heterocycles. The number of carbonyl (C=O) groups excluding carboxylic acids is 1. The quantitative estimate of drug-likeness (QED) is 0.756. The van der Waals surface area contributed by atoms with Gasteiger partial charge in [0.1, 0.15) is 6.61 Å². The number of benzene rings is 1. The third-order valence-electron chi connectivity index (χ3n) is 1.34. The van der Waals surface area contributed by atoms with Crippen molar-refractivity contribution in [3.05, 3.63) is 32.8 Å². The third kappa shape index (κ3) is 2.76. The molecule has 0 fully saturated rings. The summed E-state index contributed by atoms with van der Waals surface area (Å²) in [5.41, 5.74) is 0.669. The molecule has 0 bridgehead atoms. The van der Waals surface area contributed by atoms with Crippen LogP contribution in [-0.2, 0) is 16.1 Å². The Balaban J connectivity index is 2.92. The maximum Gasteiger partial charge on any atom is 0.417 e. The van der Waals surface area contributed by atoms with Gasteiger partial charge in [-0.05, 0) is 17.7 Å². The smallest absolute Gasteiger partial charge is 0.417 e. The second-order valence-electron chi connectivity index (χ2n) is 2.25. The summed E-state index contributed by atoms with van der Waals surface area (Å²) in [6.07, 6.45) is 0. The van der Waals surface area contributed by atoms with E-state index in [4.69, 9.17) is 34.8 Å². The molecule has 2 nitrogen and oxygen atoms in total. The highest BCUT2D eigenvalue weighted by molar-refractivity contribution is 6.48. The molecule has 0 aliphatic carbocycles. The van der Waals surface area contributed by atoms with Crippen LogP contribution in [0.5, 0.6) is 0 Å². The van der Waals surface area contributed by atoms with E-state index in [0.717, 1.165) is 0 Å². The van der Waals surface area contributed by atoms with E-state index in [2.05, 4.69) is 4.74 Å². The van der Waals surface area contributed by atoms with Gasteiger partial charge in [0.2, 0.25) is 0 Å². The lowest BCUT2D eigenvalue weighted by atomic mass is 10.2. The SMILES string of the molecule is O=[C]OCc1cc(Cl)c(Cl)c(Cl)c1. The molecule has 0 saturated heterocycles. The van der Waals surface area contributed by atoms with Gasteiger partial charge in [0.05, 0.1) is 15.1 Å². The van der Waals surface area contributed by atoms with E-state index in [-0.39, 0.29) is 6.61 Å². The number of rotatable bonds is 3. The molecule has 0 heterocycles. The Morgan fingerprint density at radius 3 is 2.23 bits per heavy atom. The number of ether oxygens (including phenoxy) is 1. The van der Waals surface area contributed by atoms with Crippen LogP contribution in [0.15, 0.2) is 12.1 Å². The van der Waals surface area contributed by atoms with Crippen LogP contribution in [0.1, 0.15) is 5.56 Å². The number of hydrogen-bond donors (Lipinski definition) is 0. The van der Waals surface area contributed by atoms with Crippen LogP contribution in [0.4, 0.5) is 0 Å². The van der Waals surface area contributed by atoms with Crippen molar-refractivity contribution in [1.29, 1.82) is 0 Å². The van der Waals surface area contributed by atoms with E-state index >= 15 is 0 Å².